The van der Waals surface area contributed by atoms with Crippen molar-refractivity contribution in [1.29, 1.82) is 0 Å². The number of rotatable bonds is 5. The van der Waals surface area contributed by atoms with Gasteiger partial charge in [0.05, 0.1) is 33.1 Å². The number of pyridine rings is 1. The fraction of sp³-hybridized carbons (Fsp3) is 0.0845. The van der Waals surface area contributed by atoms with E-state index < -0.39 is 0 Å². The van der Waals surface area contributed by atoms with Gasteiger partial charge in [0.25, 0.3) is 0 Å². The van der Waals surface area contributed by atoms with Gasteiger partial charge in [-0.1, -0.05) is 179 Å². The van der Waals surface area contributed by atoms with E-state index in [1.54, 1.807) is 0 Å². The fourth-order valence-electron chi connectivity index (χ4n) is 13.9. The molecule has 0 radical (unpaired) electrons. The smallest absolute Gasteiger partial charge is 0.0588 e. The normalized spacial score (nSPS) is 14.1. The van der Waals surface area contributed by atoms with E-state index in [0.717, 1.165) is 33.5 Å². The van der Waals surface area contributed by atoms with E-state index in [-0.39, 0.29) is 10.8 Å². The maximum atomic E-state index is 4.64. The highest BCUT2D eigenvalue weighted by molar-refractivity contribution is 6.16. The summed E-state index contributed by atoms with van der Waals surface area (Å²) in [5, 5.41) is 7.40. The number of para-hydroxylation sites is 2. The first-order valence-electron chi connectivity index (χ1n) is 26.3. The van der Waals surface area contributed by atoms with Crippen LogP contribution in [-0.2, 0) is 10.8 Å². The molecule has 4 nitrogen and oxygen atoms in total. The van der Waals surface area contributed by atoms with Gasteiger partial charge >= 0.3 is 0 Å². The average Bonchev–Trinajstić information content (AvgIpc) is 4.22. The van der Waals surface area contributed by atoms with E-state index in [4.69, 9.17) is 0 Å². The van der Waals surface area contributed by atoms with Crippen LogP contribution in [0.3, 0.4) is 0 Å². The van der Waals surface area contributed by atoms with Crippen LogP contribution in [0.4, 0.5) is 0 Å². The molecule has 0 amide bonds. The van der Waals surface area contributed by atoms with Gasteiger partial charge in [-0.2, -0.15) is 0 Å². The van der Waals surface area contributed by atoms with Crippen LogP contribution in [0.1, 0.15) is 49.9 Å². The molecule has 0 spiro atoms. The van der Waals surface area contributed by atoms with Crippen LogP contribution in [0, 0.1) is 0 Å². The van der Waals surface area contributed by atoms with Crippen molar-refractivity contribution in [2.75, 3.05) is 0 Å². The van der Waals surface area contributed by atoms with Crippen molar-refractivity contribution in [2.45, 2.75) is 38.5 Å². The third kappa shape index (κ3) is 5.74. The Morgan fingerprint density at radius 3 is 1.61 bits per heavy atom. The number of aromatic nitrogens is 4. The summed E-state index contributed by atoms with van der Waals surface area (Å²) in [6, 6.07) is 81.6. The lowest BCUT2D eigenvalue weighted by atomic mass is 9.81. The SMILES string of the molecule is CC1(C)c2ccc(-c3ccc4c5ccc6c(c5n(-c5ccc(-c7ccccc7)cc5)c4c3)C(C)(C)c3ccccc3-6)cc2-c2ccc3c4ccccc4n(-c4ccc5c(c4)c4cnccc4n5-c4ccccc4)c3c21. The molecule has 10 aromatic carbocycles. The first-order valence-corrected chi connectivity index (χ1v) is 26.3. The number of hydrogen-bond donors (Lipinski definition) is 0. The Labute approximate surface area is 435 Å². The van der Waals surface area contributed by atoms with E-state index >= 15 is 0 Å². The molecule has 0 saturated heterocycles. The van der Waals surface area contributed by atoms with Crippen molar-refractivity contribution < 1.29 is 0 Å². The Morgan fingerprint density at radius 2 is 0.840 bits per heavy atom. The monoisotopic (exact) mass is 958 g/mol. The molecule has 14 aromatic rings. The predicted molar refractivity (Wildman–Crippen MR) is 313 cm³/mol. The maximum Gasteiger partial charge on any atom is 0.0588 e. The third-order valence-electron chi connectivity index (χ3n) is 17.3. The van der Waals surface area contributed by atoms with Crippen molar-refractivity contribution in [3.63, 3.8) is 0 Å². The molecule has 2 aliphatic rings. The highest BCUT2D eigenvalue weighted by atomic mass is 15.0. The molecule has 2 aliphatic carbocycles. The molecule has 0 unspecified atom stereocenters. The second-order valence-electron chi connectivity index (χ2n) is 21.9. The molecule has 4 heteroatoms. The fourth-order valence-corrected chi connectivity index (χ4v) is 13.9. The molecule has 0 saturated carbocycles. The van der Waals surface area contributed by atoms with E-state index in [0.29, 0.717) is 0 Å². The quantitative estimate of drug-likeness (QED) is 0.169. The van der Waals surface area contributed by atoms with Crippen LogP contribution in [0.5, 0.6) is 0 Å². The van der Waals surface area contributed by atoms with Gasteiger partial charge in [-0.05, 0) is 133 Å². The molecule has 0 fully saturated rings. The van der Waals surface area contributed by atoms with Gasteiger partial charge < -0.3 is 13.7 Å². The van der Waals surface area contributed by atoms with Crippen LogP contribution in [0.15, 0.2) is 231 Å². The van der Waals surface area contributed by atoms with Gasteiger partial charge in [-0.3, -0.25) is 4.98 Å². The van der Waals surface area contributed by atoms with Gasteiger partial charge in [-0.15, -0.1) is 0 Å². The minimum Gasteiger partial charge on any atom is -0.309 e. The zero-order valence-electron chi connectivity index (χ0n) is 42.2. The molecule has 75 heavy (non-hydrogen) atoms. The summed E-state index contributed by atoms with van der Waals surface area (Å²) < 4.78 is 7.46. The molecule has 0 aliphatic heterocycles. The Bertz CT molecular complexity index is 4730. The van der Waals surface area contributed by atoms with Gasteiger partial charge in [0.2, 0.25) is 0 Å². The summed E-state index contributed by atoms with van der Waals surface area (Å²) in [5.41, 5.74) is 25.8. The average molecular weight is 959 g/mol. The lowest BCUT2D eigenvalue weighted by Crippen LogP contribution is -2.16. The van der Waals surface area contributed by atoms with Gasteiger partial charge in [0, 0.05) is 72.6 Å². The first-order chi connectivity index (χ1) is 36.7. The largest absolute Gasteiger partial charge is 0.309 e. The molecule has 4 aromatic heterocycles. The number of hydrogen-bond acceptors (Lipinski definition) is 1. The van der Waals surface area contributed by atoms with Gasteiger partial charge in [0.1, 0.15) is 0 Å². The van der Waals surface area contributed by atoms with Crippen molar-refractivity contribution >= 4 is 65.4 Å². The molecule has 354 valence electrons. The van der Waals surface area contributed by atoms with E-state index in [2.05, 4.69) is 265 Å². The highest BCUT2D eigenvalue weighted by Gasteiger charge is 2.40. The summed E-state index contributed by atoms with van der Waals surface area (Å²) >= 11 is 0. The summed E-state index contributed by atoms with van der Waals surface area (Å²) in [6.45, 7) is 9.66. The molecule has 16 rings (SSSR count). The number of fused-ring (bicyclic) bond motifs is 17. The standard InChI is InChI=1S/C71H50N4/c1-70(2)60-21-13-11-19-50(60)53-31-33-56-52-30-25-46(40-65(52)74(68(56)66(53)70)48-27-23-44(24-28-48)43-15-7-5-8-16-43)45-26-35-61-57(39-45)54-32-34-55-51-20-12-14-22-62(51)75(69(55)67(54)71(61,3)4)49-29-36-63-58(41-49)59-42-72-38-37-64(59)73(63)47-17-9-6-10-18-47/h5-42H,1-4H3. The molecule has 4 heterocycles. The summed E-state index contributed by atoms with van der Waals surface area (Å²) in [6.07, 6.45) is 3.92. The summed E-state index contributed by atoms with van der Waals surface area (Å²) in [5.74, 6) is 0. The lowest BCUT2D eigenvalue weighted by molar-refractivity contribution is 0.663. The van der Waals surface area contributed by atoms with Crippen molar-refractivity contribution in [1.82, 2.24) is 18.7 Å². The minimum absolute atomic E-state index is 0.186. The van der Waals surface area contributed by atoms with E-state index in [9.17, 15) is 0 Å². The second-order valence-corrected chi connectivity index (χ2v) is 21.9. The number of benzene rings is 10. The van der Waals surface area contributed by atoms with Crippen LogP contribution >= 0.6 is 0 Å². The van der Waals surface area contributed by atoms with Crippen LogP contribution in [0.2, 0.25) is 0 Å². The Hall–Kier alpha value is -9.25. The highest BCUT2D eigenvalue weighted by Crippen LogP contribution is 2.56. The Morgan fingerprint density at radius 1 is 0.307 bits per heavy atom. The number of nitrogens with zero attached hydrogens (tertiary/aromatic N) is 4. The second kappa shape index (κ2) is 15.2. The van der Waals surface area contributed by atoms with E-state index in [1.807, 2.05) is 12.4 Å². The third-order valence-corrected chi connectivity index (χ3v) is 17.3. The summed E-state index contributed by atoms with van der Waals surface area (Å²) in [4.78, 5) is 4.64. The minimum atomic E-state index is -0.279. The zero-order valence-corrected chi connectivity index (χ0v) is 42.2. The van der Waals surface area contributed by atoms with Crippen molar-refractivity contribution in [2.24, 2.45) is 0 Å². The maximum absolute atomic E-state index is 4.64. The Kier molecular flexibility index (Phi) is 8.55. The molecule has 0 atom stereocenters. The van der Waals surface area contributed by atoms with E-state index in [1.165, 1.54) is 116 Å². The van der Waals surface area contributed by atoms with Crippen molar-refractivity contribution in [3.05, 3.63) is 253 Å². The molecule has 0 N–H and O–H groups in total. The first kappa shape index (κ1) is 42.3. The topological polar surface area (TPSA) is 27.7 Å². The van der Waals surface area contributed by atoms with Gasteiger partial charge in [0.15, 0.2) is 0 Å². The van der Waals surface area contributed by atoms with Crippen LogP contribution in [0.25, 0.3) is 127 Å². The van der Waals surface area contributed by atoms with Gasteiger partial charge in [-0.25, -0.2) is 0 Å². The molecular formula is C71H50N4. The van der Waals surface area contributed by atoms with Crippen LogP contribution < -0.4 is 0 Å². The van der Waals surface area contributed by atoms with Crippen LogP contribution in [-0.4, -0.2) is 18.7 Å². The zero-order chi connectivity index (χ0) is 49.9. The van der Waals surface area contributed by atoms with Crippen molar-refractivity contribution in [3.8, 4) is 61.6 Å². The summed E-state index contributed by atoms with van der Waals surface area (Å²) in [7, 11) is 0. The lowest BCUT2D eigenvalue weighted by Gasteiger charge is -2.24. The molecular weight excluding hydrogens is 909 g/mol. The molecule has 0 bridgehead atoms. The Balaban J connectivity index is 0.889. The predicted octanol–water partition coefficient (Wildman–Crippen LogP) is 18.3.